The molecule has 0 bridgehead atoms. The first-order chi connectivity index (χ1) is 7.83. The van der Waals surface area contributed by atoms with Gasteiger partial charge < -0.3 is 10.5 Å². The van der Waals surface area contributed by atoms with Crippen LogP contribution in [0.5, 0.6) is 5.75 Å². The van der Waals surface area contributed by atoms with Crippen molar-refractivity contribution in [2.75, 3.05) is 18.6 Å². The van der Waals surface area contributed by atoms with Crippen LogP contribution in [0.25, 0.3) is 0 Å². The van der Waals surface area contributed by atoms with Crippen LogP contribution in [0.1, 0.15) is 18.5 Å². The van der Waals surface area contributed by atoms with Crippen LogP contribution < -0.4 is 10.5 Å². The summed E-state index contributed by atoms with van der Waals surface area (Å²) in [5, 5.41) is 0. The van der Waals surface area contributed by atoms with Gasteiger partial charge >= 0.3 is 0 Å². The third kappa shape index (κ3) is 4.65. The quantitative estimate of drug-likeness (QED) is 0.899. The monoisotopic (exact) mass is 321 g/mol. The Hall–Kier alpha value is -0.590. The van der Waals surface area contributed by atoms with Gasteiger partial charge in [0.15, 0.2) is 0 Å². The zero-order chi connectivity index (χ0) is 13.1. The van der Waals surface area contributed by atoms with E-state index in [9.17, 15) is 8.42 Å². The van der Waals surface area contributed by atoms with E-state index in [1.807, 2.05) is 6.92 Å². The number of hydrogen-bond donors (Lipinski definition) is 1. The van der Waals surface area contributed by atoms with Gasteiger partial charge in [0.05, 0.1) is 16.8 Å². The zero-order valence-electron chi connectivity index (χ0n) is 9.81. The molecule has 0 heterocycles. The lowest BCUT2D eigenvalue weighted by molar-refractivity contribution is 0.338. The van der Waals surface area contributed by atoms with E-state index in [-0.39, 0.29) is 5.75 Å². The van der Waals surface area contributed by atoms with Crippen LogP contribution >= 0.6 is 15.9 Å². The predicted octanol–water partition coefficient (Wildman–Crippen LogP) is 1.89. The number of nitrogens with two attached hydrogens (primary N) is 1. The fraction of sp³-hybridized carbons (Fsp3) is 0.455. The van der Waals surface area contributed by atoms with Crippen molar-refractivity contribution >= 4 is 25.8 Å². The molecule has 0 saturated heterocycles. The summed E-state index contributed by atoms with van der Waals surface area (Å²) in [6, 6.07) is 4.84. The van der Waals surface area contributed by atoms with Crippen LogP contribution in [0.2, 0.25) is 0 Å². The molecule has 1 atom stereocenters. The third-order valence-electron chi connectivity index (χ3n) is 2.17. The van der Waals surface area contributed by atoms with Crippen molar-refractivity contribution in [1.29, 1.82) is 0 Å². The molecule has 17 heavy (non-hydrogen) atoms. The molecule has 1 aromatic rings. The van der Waals surface area contributed by atoms with Crippen LogP contribution in [-0.4, -0.2) is 27.0 Å². The Labute approximate surface area is 110 Å². The molecular weight excluding hydrogens is 306 g/mol. The molecule has 0 aliphatic carbocycles. The molecule has 96 valence electrons. The van der Waals surface area contributed by atoms with Gasteiger partial charge in [-0.05, 0) is 40.5 Å². The van der Waals surface area contributed by atoms with Gasteiger partial charge in [0.25, 0.3) is 0 Å². The molecule has 2 N–H and O–H groups in total. The summed E-state index contributed by atoms with van der Waals surface area (Å²) in [5.41, 5.74) is 6.60. The maximum absolute atomic E-state index is 11.2. The lowest BCUT2D eigenvalue weighted by Gasteiger charge is -2.13. The minimum atomic E-state index is -3.08. The number of hydrogen-bond acceptors (Lipinski definition) is 4. The molecule has 0 spiro atoms. The number of rotatable bonds is 5. The summed E-state index contributed by atoms with van der Waals surface area (Å²) in [7, 11) is -3.08. The smallest absolute Gasteiger partial charge is 0.149 e. The number of halogens is 1. The summed E-state index contributed by atoms with van der Waals surface area (Å²) in [6.07, 6.45) is 1.18. The molecule has 1 aromatic carbocycles. The molecule has 0 aliphatic rings. The molecule has 0 aromatic heterocycles. The summed E-state index contributed by atoms with van der Waals surface area (Å²) >= 11 is 3.37. The molecule has 0 aliphatic heterocycles. The maximum atomic E-state index is 11.2. The highest BCUT2D eigenvalue weighted by molar-refractivity contribution is 9.10. The fourth-order valence-electron chi connectivity index (χ4n) is 1.44. The SMILES string of the molecule is CCOc1ccc(C(N)CS(C)(=O)=O)cc1Br. The van der Waals surface area contributed by atoms with E-state index in [2.05, 4.69) is 15.9 Å². The average molecular weight is 322 g/mol. The topological polar surface area (TPSA) is 69.4 Å². The Bertz CT molecular complexity index is 487. The second-order valence-corrected chi connectivity index (χ2v) is 6.86. The van der Waals surface area contributed by atoms with Gasteiger partial charge in [-0.25, -0.2) is 8.42 Å². The van der Waals surface area contributed by atoms with Crippen LogP contribution in [0.4, 0.5) is 0 Å². The van der Waals surface area contributed by atoms with Gasteiger partial charge in [-0.1, -0.05) is 6.07 Å². The van der Waals surface area contributed by atoms with Crippen molar-refractivity contribution in [3.05, 3.63) is 28.2 Å². The van der Waals surface area contributed by atoms with Crippen molar-refractivity contribution in [2.45, 2.75) is 13.0 Å². The Morgan fingerprint density at radius 2 is 2.12 bits per heavy atom. The second-order valence-electron chi connectivity index (χ2n) is 3.82. The average Bonchev–Trinajstić information content (AvgIpc) is 2.18. The second kappa shape index (κ2) is 5.84. The number of benzene rings is 1. The first-order valence-corrected chi connectivity index (χ1v) is 8.04. The van der Waals surface area contributed by atoms with Crippen molar-refractivity contribution in [1.82, 2.24) is 0 Å². The van der Waals surface area contributed by atoms with E-state index in [4.69, 9.17) is 10.5 Å². The Morgan fingerprint density at radius 3 is 2.59 bits per heavy atom. The minimum absolute atomic E-state index is 0.0621. The van der Waals surface area contributed by atoms with Crippen molar-refractivity contribution in [3.8, 4) is 5.75 Å². The van der Waals surface area contributed by atoms with Crippen LogP contribution in [0, 0.1) is 0 Å². The highest BCUT2D eigenvalue weighted by Gasteiger charge is 2.14. The summed E-state index contributed by atoms with van der Waals surface area (Å²) in [6.45, 7) is 2.48. The molecular formula is C11H16BrNO3S. The lowest BCUT2D eigenvalue weighted by Crippen LogP contribution is -2.20. The molecule has 1 unspecified atom stereocenters. The number of ether oxygens (including phenoxy) is 1. The normalized spacial score (nSPS) is 13.4. The van der Waals surface area contributed by atoms with Crippen molar-refractivity contribution in [3.63, 3.8) is 0 Å². The first kappa shape index (κ1) is 14.5. The van der Waals surface area contributed by atoms with E-state index in [0.717, 1.165) is 15.8 Å². The Kier molecular flexibility index (Phi) is 4.97. The molecule has 1 rings (SSSR count). The van der Waals surface area contributed by atoms with Crippen LogP contribution in [-0.2, 0) is 9.84 Å². The van der Waals surface area contributed by atoms with Crippen LogP contribution in [0.15, 0.2) is 22.7 Å². The standard InChI is InChI=1S/C11H16BrNO3S/c1-3-16-11-5-4-8(6-9(11)12)10(13)7-17(2,14)15/h4-6,10H,3,7,13H2,1-2H3. The first-order valence-electron chi connectivity index (χ1n) is 5.19. The number of sulfone groups is 1. The highest BCUT2D eigenvalue weighted by Crippen LogP contribution is 2.28. The van der Waals surface area contributed by atoms with E-state index < -0.39 is 15.9 Å². The van der Waals surface area contributed by atoms with Gasteiger partial charge in [0.1, 0.15) is 15.6 Å². The molecule has 4 nitrogen and oxygen atoms in total. The van der Waals surface area contributed by atoms with E-state index in [1.165, 1.54) is 6.26 Å². The van der Waals surface area contributed by atoms with Gasteiger partial charge in [0.2, 0.25) is 0 Å². The zero-order valence-corrected chi connectivity index (χ0v) is 12.2. The van der Waals surface area contributed by atoms with E-state index in [0.29, 0.717) is 6.61 Å². The molecule has 0 amide bonds. The minimum Gasteiger partial charge on any atom is -0.493 e. The van der Waals surface area contributed by atoms with Crippen molar-refractivity contribution in [2.24, 2.45) is 5.73 Å². The molecule has 0 saturated carbocycles. The largest absolute Gasteiger partial charge is 0.493 e. The Balaban J connectivity index is 2.89. The molecule has 6 heteroatoms. The van der Waals surface area contributed by atoms with Gasteiger partial charge in [-0.2, -0.15) is 0 Å². The summed E-state index contributed by atoms with van der Waals surface area (Å²) < 4.78 is 28.5. The van der Waals surface area contributed by atoms with Gasteiger partial charge in [-0.15, -0.1) is 0 Å². The summed E-state index contributed by atoms with van der Waals surface area (Å²) in [4.78, 5) is 0. The van der Waals surface area contributed by atoms with E-state index in [1.54, 1.807) is 18.2 Å². The van der Waals surface area contributed by atoms with Crippen molar-refractivity contribution < 1.29 is 13.2 Å². The van der Waals surface area contributed by atoms with Gasteiger partial charge in [0, 0.05) is 12.3 Å². The van der Waals surface area contributed by atoms with Gasteiger partial charge in [-0.3, -0.25) is 0 Å². The van der Waals surface area contributed by atoms with E-state index >= 15 is 0 Å². The summed E-state index contributed by atoms with van der Waals surface area (Å²) in [5.74, 6) is 0.663. The lowest BCUT2D eigenvalue weighted by atomic mass is 10.1. The molecule has 0 radical (unpaired) electrons. The Morgan fingerprint density at radius 1 is 1.47 bits per heavy atom. The maximum Gasteiger partial charge on any atom is 0.149 e. The predicted molar refractivity (Wildman–Crippen MR) is 72.0 cm³/mol. The van der Waals surface area contributed by atoms with Crippen LogP contribution in [0.3, 0.4) is 0 Å². The highest BCUT2D eigenvalue weighted by atomic mass is 79.9. The molecule has 0 fully saturated rings. The fourth-order valence-corrected chi connectivity index (χ4v) is 2.80. The third-order valence-corrected chi connectivity index (χ3v) is 3.75.